The molecular formula is C14H26N2O3. The number of carbonyl (C=O) groups excluding carboxylic acids is 2. The van der Waals surface area contributed by atoms with Gasteiger partial charge in [-0.15, -0.1) is 0 Å². The third-order valence-corrected chi connectivity index (χ3v) is 4.11. The van der Waals surface area contributed by atoms with Gasteiger partial charge >= 0.3 is 5.97 Å². The number of esters is 1. The summed E-state index contributed by atoms with van der Waals surface area (Å²) in [6, 6.07) is -0.545. The van der Waals surface area contributed by atoms with Gasteiger partial charge in [-0.25, -0.2) is 4.79 Å². The lowest BCUT2D eigenvalue weighted by Gasteiger charge is -2.36. The Morgan fingerprint density at radius 3 is 2.42 bits per heavy atom. The van der Waals surface area contributed by atoms with Crippen molar-refractivity contribution in [1.29, 1.82) is 0 Å². The summed E-state index contributed by atoms with van der Waals surface area (Å²) < 4.78 is 4.67. The molecule has 0 aromatic rings. The third kappa shape index (κ3) is 4.49. The number of hydrogen-bond donors (Lipinski definition) is 2. The summed E-state index contributed by atoms with van der Waals surface area (Å²) in [6.45, 7) is 2.39. The number of ether oxygens (including phenoxy) is 1. The Morgan fingerprint density at radius 2 is 1.95 bits per heavy atom. The number of methoxy groups -OCH3 is 1. The van der Waals surface area contributed by atoms with Crippen LogP contribution >= 0.6 is 0 Å². The predicted molar refractivity (Wildman–Crippen MR) is 73.4 cm³/mol. The normalized spacial score (nSPS) is 19.5. The van der Waals surface area contributed by atoms with E-state index in [1.165, 1.54) is 13.5 Å². The first-order valence-electron chi connectivity index (χ1n) is 7.14. The van der Waals surface area contributed by atoms with Crippen LogP contribution in [0.25, 0.3) is 0 Å². The van der Waals surface area contributed by atoms with Crippen LogP contribution in [0.3, 0.4) is 0 Å². The lowest BCUT2D eigenvalue weighted by atomic mass is 9.71. The molecule has 1 atom stereocenters. The number of nitrogens with two attached hydrogens (primary N) is 1. The van der Waals surface area contributed by atoms with Crippen molar-refractivity contribution in [1.82, 2.24) is 5.32 Å². The highest BCUT2D eigenvalue weighted by Gasteiger charge is 2.33. The summed E-state index contributed by atoms with van der Waals surface area (Å²) in [5, 5.41) is 2.75. The van der Waals surface area contributed by atoms with E-state index in [-0.39, 0.29) is 17.3 Å². The lowest BCUT2D eigenvalue weighted by Crippen LogP contribution is -2.45. The van der Waals surface area contributed by atoms with E-state index in [1.807, 2.05) is 6.92 Å². The molecule has 19 heavy (non-hydrogen) atoms. The fraction of sp³-hybridized carbons (Fsp3) is 0.857. The molecule has 0 aromatic carbocycles. The topological polar surface area (TPSA) is 81.4 Å². The maximum absolute atomic E-state index is 12.1. The monoisotopic (exact) mass is 270 g/mol. The van der Waals surface area contributed by atoms with Crippen LogP contribution in [0, 0.1) is 5.41 Å². The molecular weight excluding hydrogens is 244 g/mol. The molecule has 1 unspecified atom stereocenters. The van der Waals surface area contributed by atoms with Crippen LogP contribution in [0.5, 0.6) is 0 Å². The first-order chi connectivity index (χ1) is 9.06. The highest BCUT2D eigenvalue weighted by Crippen LogP contribution is 2.38. The van der Waals surface area contributed by atoms with Gasteiger partial charge in [0.2, 0.25) is 5.91 Å². The molecule has 3 N–H and O–H groups in total. The highest BCUT2D eigenvalue weighted by atomic mass is 16.5. The van der Waals surface area contributed by atoms with Crippen LogP contribution in [-0.4, -0.2) is 31.6 Å². The summed E-state index contributed by atoms with van der Waals surface area (Å²) in [4.78, 5) is 23.5. The van der Waals surface area contributed by atoms with Gasteiger partial charge < -0.3 is 15.8 Å². The van der Waals surface area contributed by atoms with Gasteiger partial charge in [-0.1, -0.05) is 26.2 Å². The zero-order valence-electron chi connectivity index (χ0n) is 12.0. The smallest absolute Gasteiger partial charge is 0.328 e. The molecule has 0 saturated heterocycles. The Bertz CT molecular complexity index is 312. The van der Waals surface area contributed by atoms with Gasteiger partial charge in [0.05, 0.1) is 7.11 Å². The Kier molecular flexibility index (Phi) is 6.28. The van der Waals surface area contributed by atoms with Gasteiger partial charge in [0.15, 0.2) is 0 Å². The van der Waals surface area contributed by atoms with E-state index in [4.69, 9.17) is 5.73 Å². The first-order valence-corrected chi connectivity index (χ1v) is 7.14. The van der Waals surface area contributed by atoms with Crippen molar-refractivity contribution in [2.24, 2.45) is 11.1 Å². The molecule has 1 fully saturated rings. The second-order valence-electron chi connectivity index (χ2n) is 5.49. The molecule has 5 heteroatoms. The van der Waals surface area contributed by atoms with E-state index in [1.54, 1.807) is 0 Å². The Labute approximate surface area is 115 Å². The number of hydrogen-bond acceptors (Lipinski definition) is 4. The molecule has 0 spiro atoms. The number of amides is 1. The molecule has 1 saturated carbocycles. The van der Waals surface area contributed by atoms with E-state index in [0.717, 1.165) is 25.7 Å². The van der Waals surface area contributed by atoms with Crippen molar-refractivity contribution < 1.29 is 14.3 Å². The highest BCUT2D eigenvalue weighted by molar-refractivity contribution is 5.84. The average molecular weight is 270 g/mol. The molecule has 1 rings (SSSR count). The van der Waals surface area contributed by atoms with E-state index < -0.39 is 6.04 Å². The molecule has 5 nitrogen and oxygen atoms in total. The summed E-state index contributed by atoms with van der Waals surface area (Å²) in [5.41, 5.74) is 5.79. The number of nitrogens with one attached hydrogen (secondary N) is 1. The van der Waals surface area contributed by atoms with Crippen molar-refractivity contribution >= 4 is 11.9 Å². The third-order valence-electron chi connectivity index (χ3n) is 4.11. The minimum absolute atomic E-state index is 0.0727. The van der Waals surface area contributed by atoms with E-state index in [2.05, 4.69) is 10.1 Å². The minimum Gasteiger partial charge on any atom is -0.467 e. The van der Waals surface area contributed by atoms with Crippen LogP contribution in [-0.2, 0) is 14.3 Å². The van der Waals surface area contributed by atoms with Crippen molar-refractivity contribution in [3.05, 3.63) is 0 Å². The van der Waals surface area contributed by atoms with E-state index in [9.17, 15) is 9.59 Å². The zero-order chi connectivity index (χ0) is 14.3. The van der Waals surface area contributed by atoms with Gasteiger partial charge in [0.25, 0.3) is 0 Å². The standard InChI is InChI=1S/C14H26N2O3/c1-3-11(13(18)19-2)16-12(17)9-14(10-15)7-5-4-6-8-14/h11H,3-10,15H2,1-2H3,(H,16,17). The van der Waals surface area contributed by atoms with Crippen molar-refractivity contribution in [2.45, 2.75) is 57.9 Å². The summed E-state index contributed by atoms with van der Waals surface area (Å²) in [6.07, 6.45) is 6.46. The van der Waals surface area contributed by atoms with E-state index >= 15 is 0 Å². The van der Waals surface area contributed by atoms with Crippen LogP contribution in [0.4, 0.5) is 0 Å². The van der Waals surface area contributed by atoms with Gasteiger partial charge in [0, 0.05) is 6.42 Å². The minimum atomic E-state index is -0.545. The van der Waals surface area contributed by atoms with Crippen molar-refractivity contribution in [2.75, 3.05) is 13.7 Å². The second-order valence-corrected chi connectivity index (χ2v) is 5.49. The largest absolute Gasteiger partial charge is 0.467 e. The molecule has 1 aliphatic carbocycles. The van der Waals surface area contributed by atoms with Crippen molar-refractivity contribution in [3.63, 3.8) is 0 Å². The molecule has 0 aliphatic heterocycles. The summed E-state index contributed by atoms with van der Waals surface area (Å²) in [7, 11) is 1.33. The Hall–Kier alpha value is -1.10. The molecule has 0 radical (unpaired) electrons. The maximum Gasteiger partial charge on any atom is 0.328 e. The van der Waals surface area contributed by atoms with Gasteiger partial charge in [-0.05, 0) is 31.2 Å². The molecule has 1 aliphatic rings. The van der Waals surface area contributed by atoms with Crippen LogP contribution in [0.15, 0.2) is 0 Å². The maximum atomic E-state index is 12.1. The molecule has 1 amide bonds. The van der Waals surface area contributed by atoms with Crippen LogP contribution in [0.2, 0.25) is 0 Å². The Balaban J connectivity index is 2.55. The quantitative estimate of drug-likeness (QED) is 0.714. The second kappa shape index (κ2) is 7.48. The molecule has 110 valence electrons. The zero-order valence-corrected chi connectivity index (χ0v) is 12.0. The van der Waals surface area contributed by atoms with Crippen LogP contribution in [0.1, 0.15) is 51.9 Å². The summed E-state index contributed by atoms with van der Waals surface area (Å²) >= 11 is 0. The fourth-order valence-corrected chi connectivity index (χ4v) is 2.81. The van der Waals surface area contributed by atoms with Gasteiger partial charge in [0.1, 0.15) is 6.04 Å². The van der Waals surface area contributed by atoms with Gasteiger partial charge in [-0.2, -0.15) is 0 Å². The molecule has 0 bridgehead atoms. The molecule has 0 aromatic heterocycles. The first kappa shape index (κ1) is 16.0. The van der Waals surface area contributed by atoms with Crippen LogP contribution < -0.4 is 11.1 Å². The average Bonchev–Trinajstić information content (AvgIpc) is 2.44. The summed E-state index contributed by atoms with van der Waals surface area (Å²) in [5.74, 6) is -0.481. The van der Waals surface area contributed by atoms with E-state index in [0.29, 0.717) is 19.4 Å². The lowest BCUT2D eigenvalue weighted by molar-refractivity contribution is -0.145. The number of rotatable bonds is 6. The molecule has 0 heterocycles. The fourth-order valence-electron chi connectivity index (χ4n) is 2.81. The van der Waals surface area contributed by atoms with Crippen molar-refractivity contribution in [3.8, 4) is 0 Å². The number of carbonyl (C=O) groups is 2. The predicted octanol–water partition coefficient (Wildman–Crippen LogP) is 1.35. The van der Waals surface area contributed by atoms with Gasteiger partial charge in [-0.3, -0.25) is 4.79 Å². The Morgan fingerprint density at radius 1 is 1.32 bits per heavy atom. The SMILES string of the molecule is CCC(NC(=O)CC1(CN)CCCCC1)C(=O)OC.